The number of anilines is 3. The monoisotopic (exact) mass is 729 g/mol. The van der Waals surface area contributed by atoms with Crippen molar-refractivity contribution in [1.29, 1.82) is 0 Å². The van der Waals surface area contributed by atoms with Gasteiger partial charge in [-0.1, -0.05) is 139 Å². The van der Waals surface area contributed by atoms with E-state index in [1.165, 1.54) is 86.7 Å². The van der Waals surface area contributed by atoms with E-state index in [4.69, 9.17) is 4.42 Å². The molecule has 9 aromatic rings. The fourth-order valence-electron chi connectivity index (χ4n) is 10.1. The van der Waals surface area contributed by atoms with Crippen LogP contribution in [0.3, 0.4) is 0 Å². The van der Waals surface area contributed by atoms with Crippen molar-refractivity contribution in [2.45, 2.75) is 64.7 Å². The van der Waals surface area contributed by atoms with Gasteiger partial charge in [0.05, 0.1) is 5.69 Å². The summed E-state index contributed by atoms with van der Waals surface area (Å²) in [5, 5.41) is 5.03. The predicted molar refractivity (Wildman–Crippen MR) is 235 cm³/mol. The Balaban J connectivity index is 1.21. The van der Waals surface area contributed by atoms with Crippen LogP contribution in [0.15, 0.2) is 138 Å². The number of hydrogen-bond donors (Lipinski definition) is 0. The Morgan fingerprint density at radius 1 is 0.527 bits per heavy atom. The maximum absolute atomic E-state index is 7.03. The molecular weight excluding hydrogens is 687 g/mol. The van der Waals surface area contributed by atoms with Crippen LogP contribution in [0.1, 0.15) is 76.3 Å². The number of fused-ring (bicyclic) bond motifs is 13. The lowest BCUT2D eigenvalue weighted by Crippen LogP contribution is -2.17. The van der Waals surface area contributed by atoms with E-state index in [1.54, 1.807) is 0 Å². The van der Waals surface area contributed by atoms with Crippen LogP contribution in [0.4, 0.5) is 17.1 Å². The SMILES string of the molecule is CC(C)(C)c1cccc2oc3c4c(ccc3c12)C(C)(C)c1cccc(N(c2ccc3c(c2)C(C)(C)c2ccccc2-3)c2ccc3c(c2)sc2ccccc23)c1-4. The molecule has 2 aromatic heterocycles. The molecule has 0 saturated heterocycles. The minimum absolute atomic E-state index is 0.0271. The Morgan fingerprint density at radius 2 is 1.18 bits per heavy atom. The van der Waals surface area contributed by atoms with E-state index in [1.807, 2.05) is 11.3 Å². The highest BCUT2D eigenvalue weighted by molar-refractivity contribution is 7.25. The van der Waals surface area contributed by atoms with Gasteiger partial charge in [0.15, 0.2) is 0 Å². The van der Waals surface area contributed by atoms with E-state index < -0.39 is 0 Å². The first-order chi connectivity index (χ1) is 26.4. The summed E-state index contributed by atoms with van der Waals surface area (Å²) >= 11 is 1.87. The molecular formula is C52H43NOS. The Morgan fingerprint density at radius 3 is 2.04 bits per heavy atom. The highest BCUT2D eigenvalue weighted by Gasteiger charge is 2.41. The fourth-order valence-corrected chi connectivity index (χ4v) is 11.2. The first-order valence-electron chi connectivity index (χ1n) is 19.5. The van der Waals surface area contributed by atoms with Gasteiger partial charge in [0.2, 0.25) is 0 Å². The molecule has 0 saturated carbocycles. The molecule has 7 aromatic carbocycles. The summed E-state index contributed by atoms with van der Waals surface area (Å²) in [5.74, 6) is 0. The van der Waals surface area contributed by atoms with Crippen LogP contribution in [0.2, 0.25) is 0 Å². The zero-order chi connectivity index (χ0) is 37.6. The maximum Gasteiger partial charge on any atom is 0.143 e. The van der Waals surface area contributed by atoms with Gasteiger partial charge in [0.1, 0.15) is 11.2 Å². The molecule has 2 nitrogen and oxygen atoms in total. The van der Waals surface area contributed by atoms with Crippen LogP contribution in [0.25, 0.3) is 64.4 Å². The third kappa shape index (κ3) is 4.42. The molecule has 268 valence electrons. The minimum Gasteiger partial charge on any atom is -0.455 e. The Bertz CT molecular complexity index is 3090. The average molecular weight is 730 g/mol. The molecule has 0 spiro atoms. The number of rotatable bonds is 3. The topological polar surface area (TPSA) is 16.4 Å². The van der Waals surface area contributed by atoms with Crippen molar-refractivity contribution in [1.82, 2.24) is 0 Å². The second kappa shape index (κ2) is 11.0. The predicted octanol–water partition coefficient (Wildman–Crippen LogP) is 15.3. The van der Waals surface area contributed by atoms with Gasteiger partial charge in [-0.3, -0.25) is 0 Å². The summed E-state index contributed by atoms with van der Waals surface area (Å²) in [6.07, 6.45) is 0. The summed E-state index contributed by atoms with van der Waals surface area (Å²) in [5.41, 5.74) is 16.9. The van der Waals surface area contributed by atoms with Gasteiger partial charge < -0.3 is 9.32 Å². The summed E-state index contributed by atoms with van der Waals surface area (Å²) < 4.78 is 9.63. The smallest absolute Gasteiger partial charge is 0.143 e. The van der Waals surface area contributed by atoms with Crippen LogP contribution in [0.5, 0.6) is 0 Å². The van der Waals surface area contributed by atoms with Crippen molar-refractivity contribution >= 4 is 70.5 Å². The summed E-state index contributed by atoms with van der Waals surface area (Å²) in [6, 6.07) is 50.1. The number of furan rings is 1. The lowest BCUT2D eigenvalue weighted by atomic mass is 9.81. The summed E-state index contributed by atoms with van der Waals surface area (Å²) in [4.78, 5) is 2.52. The van der Waals surface area contributed by atoms with Crippen molar-refractivity contribution < 1.29 is 4.42 Å². The highest BCUT2D eigenvalue weighted by atomic mass is 32.1. The van der Waals surface area contributed by atoms with Gasteiger partial charge in [-0.05, 0) is 86.8 Å². The van der Waals surface area contributed by atoms with Gasteiger partial charge in [-0.2, -0.15) is 0 Å². The molecule has 11 rings (SSSR count). The van der Waals surface area contributed by atoms with E-state index in [9.17, 15) is 0 Å². The van der Waals surface area contributed by atoms with Gasteiger partial charge in [-0.25, -0.2) is 0 Å². The van der Waals surface area contributed by atoms with Crippen LogP contribution < -0.4 is 4.90 Å². The highest BCUT2D eigenvalue weighted by Crippen LogP contribution is 2.58. The van der Waals surface area contributed by atoms with E-state index in [2.05, 4.69) is 187 Å². The number of hydrogen-bond acceptors (Lipinski definition) is 3. The molecule has 2 aliphatic carbocycles. The Kier molecular flexibility index (Phi) is 6.54. The average Bonchev–Trinajstić information content (AvgIpc) is 3.87. The molecule has 0 unspecified atom stereocenters. The van der Waals surface area contributed by atoms with E-state index in [0.717, 1.165) is 22.5 Å². The molecule has 0 fully saturated rings. The molecule has 0 amide bonds. The normalized spacial score (nSPS) is 15.1. The Hall–Kier alpha value is -5.64. The van der Waals surface area contributed by atoms with Gasteiger partial charge in [-0.15, -0.1) is 11.3 Å². The quantitative estimate of drug-likeness (QED) is 0.180. The second-order valence-electron chi connectivity index (χ2n) is 17.7. The van der Waals surface area contributed by atoms with E-state index >= 15 is 0 Å². The zero-order valence-electron chi connectivity index (χ0n) is 32.5. The molecule has 55 heavy (non-hydrogen) atoms. The molecule has 0 bridgehead atoms. The molecule has 0 aliphatic heterocycles. The number of thiophene rings is 1. The first kappa shape index (κ1) is 32.8. The van der Waals surface area contributed by atoms with Crippen molar-refractivity contribution in [3.05, 3.63) is 161 Å². The van der Waals surface area contributed by atoms with Gasteiger partial charge in [0.25, 0.3) is 0 Å². The second-order valence-corrected chi connectivity index (χ2v) is 18.8. The largest absolute Gasteiger partial charge is 0.455 e. The van der Waals surface area contributed by atoms with Crippen molar-refractivity contribution in [2.24, 2.45) is 0 Å². The van der Waals surface area contributed by atoms with Crippen molar-refractivity contribution in [3.8, 4) is 22.3 Å². The first-order valence-corrected chi connectivity index (χ1v) is 20.3. The third-order valence-electron chi connectivity index (χ3n) is 12.8. The molecule has 2 aliphatic rings. The van der Waals surface area contributed by atoms with E-state index in [0.29, 0.717) is 0 Å². The van der Waals surface area contributed by atoms with E-state index in [-0.39, 0.29) is 16.2 Å². The molecule has 0 atom stereocenters. The number of benzene rings is 7. The van der Waals surface area contributed by atoms with Gasteiger partial charge in [0, 0.05) is 64.3 Å². The van der Waals surface area contributed by atoms with Crippen molar-refractivity contribution in [3.63, 3.8) is 0 Å². The van der Waals surface area contributed by atoms with Crippen molar-refractivity contribution in [2.75, 3.05) is 4.90 Å². The lowest BCUT2D eigenvalue weighted by Gasteiger charge is -2.30. The van der Waals surface area contributed by atoms with Crippen LogP contribution >= 0.6 is 11.3 Å². The summed E-state index contributed by atoms with van der Waals surface area (Å²) in [7, 11) is 0. The fraction of sp³-hybridized carbons (Fsp3) is 0.192. The van der Waals surface area contributed by atoms with Crippen LogP contribution in [0, 0.1) is 0 Å². The lowest BCUT2D eigenvalue weighted by molar-refractivity contribution is 0.594. The standard InChI is InChI=1S/C52H43NOS/c1-50(2,3)38-17-13-20-43-46(38)36-26-27-40-48(49(36)54-43)47-39(52(40,6)7)18-12-19-42(47)53(31-23-25-35-34-15-9-11-21-44(34)55-45(35)29-31)30-22-24-33-32-14-8-10-16-37(32)51(4,5)41(33)28-30/h8-29H,1-7H3. The van der Waals surface area contributed by atoms with Crippen LogP contribution in [-0.4, -0.2) is 0 Å². The molecule has 0 radical (unpaired) electrons. The number of nitrogens with zero attached hydrogens (tertiary/aromatic N) is 1. The minimum atomic E-state index is -0.219. The molecule has 3 heteroatoms. The van der Waals surface area contributed by atoms with Crippen LogP contribution in [-0.2, 0) is 16.2 Å². The summed E-state index contributed by atoms with van der Waals surface area (Å²) in [6.45, 7) is 16.4. The Labute approximate surface area is 326 Å². The molecule has 0 N–H and O–H groups in total. The third-order valence-corrected chi connectivity index (χ3v) is 13.9. The van der Waals surface area contributed by atoms with Gasteiger partial charge >= 0.3 is 0 Å². The zero-order valence-corrected chi connectivity index (χ0v) is 33.3. The molecule has 2 heterocycles. The maximum atomic E-state index is 7.03.